The number of aliphatic carboxylic acids is 1. The van der Waals surface area contributed by atoms with Crippen molar-refractivity contribution < 1.29 is 24.4 Å². The predicted octanol–water partition coefficient (Wildman–Crippen LogP) is 1.00. The van der Waals surface area contributed by atoms with Crippen molar-refractivity contribution in [2.75, 3.05) is 0 Å². The molecule has 1 aliphatic rings. The highest BCUT2D eigenvalue weighted by atomic mass is 16.6. The zero-order valence-corrected chi connectivity index (χ0v) is 10.2. The lowest BCUT2D eigenvalue weighted by Crippen LogP contribution is -2.54. The number of hydrogen-bond donors (Lipinski definition) is 1. The van der Waals surface area contributed by atoms with Gasteiger partial charge in [-0.3, -0.25) is 19.7 Å². The van der Waals surface area contributed by atoms with Gasteiger partial charge < -0.3 is 9.84 Å². The summed E-state index contributed by atoms with van der Waals surface area (Å²) in [5.74, 6) is -1.91. The Labute approximate surface area is 104 Å². The molecule has 0 fully saturated rings. The minimum atomic E-state index is -1.53. The van der Waals surface area contributed by atoms with Crippen LogP contribution in [0, 0.1) is 15.5 Å². The molecule has 0 heterocycles. The summed E-state index contributed by atoms with van der Waals surface area (Å²) < 4.78 is 4.84. The van der Waals surface area contributed by atoms with E-state index in [2.05, 4.69) is 0 Å². The molecular formula is C11H15NO6. The Morgan fingerprint density at radius 1 is 1.61 bits per heavy atom. The molecule has 0 aromatic carbocycles. The Bertz CT molecular complexity index is 404. The number of carbonyl (C=O) groups excluding carboxylic acids is 1. The third kappa shape index (κ3) is 2.34. The van der Waals surface area contributed by atoms with Crippen LogP contribution in [0.25, 0.3) is 0 Å². The van der Waals surface area contributed by atoms with E-state index in [9.17, 15) is 24.8 Å². The number of rotatable bonds is 4. The fourth-order valence-electron chi connectivity index (χ4n) is 2.29. The number of allylic oxidation sites excluding steroid dienone is 1. The van der Waals surface area contributed by atoms with Crippen LogP contribution in [0.4, 0.5) is 0 Å². The van der Waals surface area contributed by atoms with Crippen molar-refractivity contribution in [2.24, 2.45) is 5.41 Å². The molecule has 100 valence electrons. The van der Waals surface area contributed by atoms with Crippen LogP contribution in [0.5, 0.6) is 0 Å². The van der Waals surface area contributed by atoms with E-state index >= 15 is 0 Å². The molecule has 0 saturated carbocycles. The Hall–Kier alpha value is -1.92. The third-order valence-electron chi connectivity index (χ3n) is 3.27. The average molecular weight is 257 g/mol. The summed E-state index contributed by atoms with van der Waals surface area (Å²) in [6, 6.07) is -1.46. The fourth-order valence-corrected chi connectivity index (χ4v) is 2.29. The van der Waals surface area contributed by atoms with E-state index in [1.54, 1.807) is 6.92 Å². The molecule has 0 aromatic rings. The second-order valence-corrected chi connectivity index (χ2v) is 4.25. The zero-order valence-electron chi connectivity index (χ0n) is 10.2. The van der Waals surface area contributed by atoms with E-state index in [1.807, 2.05) is 0 Å². The summed E-state index contributed by atoms with van der Waals surface area (Å²) in [6.07, 6.45) is 1.91. The van der Waals surface area contributed by atoms with Crippen LogP contribution in [0.15, 0.2) is 12.2 Å². The van der Waals surface area contributed by atoms with Crippen LogP contribution in [-0.4, -0.2) is 34.1 Å². The first-order valence-corrected chi connectivity index (χ1v) is 5.56. The Morgan fingerprint density at radius 2 is 2.22 bits per heavy atom. The van der Waals surface area contributed by atoms with E-state index in [0.717, 1.165) is 6.92 Å². The number of nitrogens with zero attached hydrogens (tertiary/aromatic N) is 1. The standard InChI is InChI=1S/C11H15NO6/c1-3-11(10(14)15)6-4-5-8(18-7(2)13)9(11)12(16)17/h4-5,8-9H,3,6H2,1-2H3,(H,14,15). The van der Waals surface area contributed by atoms with Crippen LogP contribution in [0.3, 0.4) is 0 Å². The number of nitro groups is 1. The fraction of sp³-hybridized carbons (Fsp3) is 0.636. The van der Waals surface area contributed by atoms with Gasteiger partial charge in [0.15, 0.2) is 6.10 Å². The summed E-state index contributed by atoms with van der Waals surface area (Å²) in [5, 5.41) is 20.4. The molecule has 0 saturated heterocycles. The monoisotopic (exact) mass is 257 g/mol. The van der Waals surface area contributed by atoms with E-state index < -0.39 is 34.4 Å². The molecule has 7 nitrogen and oxygen atoms in total. The van der Waals surface area contributed by atoms with Crippen molar-refractivity contribution in [2.45, 2.75) is 38.8 Å². The number of carbonyl (C=O) groups is 2. The summed E-state index contributed by atoms with van der Waals surface area (Å²) in [6.45, 7) is 2.71. The van der Waals surface area contributed by atoms with Crippen molar-refractivity contribution in [3.05, 3.63) is 22.3 Å². The molecule has 3 atom stereocenters. The van der Waals surface area contributed by atoms with Crippen LogP contribution >= 0.6 is 0 Å². The highest BCUT2D eigenvalue weighted by molar-refractivity contribution is 5.76. The minimum absolute atomic E-state index is 0.0578. The Balaban J connectivity index is 3.20. The number of carboxylic acids is 1. The number of carboxylic acid groups (broad SMARTS) is 1. The van der Waals surface area contributed by atoms with Gasteiger partial charge in [0.2, 0.25) is 0 Å². The lowest BCUT2D eigenvalue weighted by Gasteiger charge is -2.35. The van der Waals surface area contributed by atoms with Crippen LogP contribution in [0.2, 0.25) is 0 Å². The van der Waals surface area contributed by atoms with E-state index in [4.69, 9.17) is 4.74 Å². The minimum Gasteiger partial charge on any atom is -0.481 e. The molecule has 18 heavy (non-hydrogen) atoms. The SMILES string of the molecule is CCC1(C(=O)O)CC=CC(OC(C)=O)C1[N+](=O)[O-]. The third-order valence-corrected chi connectivity index (χ3v) is 3.27. The van der Waals surface area contributed by atoms with Crippen LogP contribution in [0.1, 0.15) is 26.7 Å². The first-order valence-electron chi connectivity index (χ1n) is 5.56. The molecule has 1 N–H and O–H groups in total. The molecule has 1 rings (SSSR count). The van der Waals surface area contributed by atoms with Gasteiger partial charge in [-0.25, -0.2) is 0 Å². The molecule has 0 bridgehead atoms. The van der Waals surface area contributed by atoms with Gasteiger partial charge in [0.05, 0.1) is 0 Å². The van der Waals surface area contributed by atoms with Crippen molar-refractivity contribution in [3.63, 3.8) is 0 Å². The molecule has 3 unspecified atom stereocenters. The highest BCUT2D eigenvalue weighted by Gasteiger charge is 2.57. The van der Waals surface area contributed by atoms with Gasteiger partial charge in [-0.05, 0) is 18.9 Å². The topological polar surface area (TPSA) is 107 Å². The molecule has 0 aromatic heterocycles. The lowest BCUT2D eigenvalue weighted by molar-refractivity contribution is -0.549. The van der Waals surface area contributed by atoms with Gasteiger partial charge in [-0.1, -0.05) is 13.0 Å². The summed E-state index contributed by atoms with van der Waals surface area (Å²) in [7, 11) is 0. The smallest absolute Gasteiger partial charge is 0.317 e. The van der Waals surface area contributed by atoms with E-state index in [-0.39, 0.29) is 12.8 Å². The summed E-state index contributed by atoms with van der Waals surface area (Å²) in [5.41, 5.74) is -1.53. The molecule has 0 aliphatic heterocycles. The van der Waals surface area contributed by atoms with Gasteiger partial charge in [-0.2, -0.15) is 0 Å². The predicted molar refractivity (Wildman–Crippen MR) is 60.5 cm³/mol. The average Bonchev–Trinajstić information content (AvgIpc) is 2.26. The number of hydrogen-bond acceptors (Lipinski definition) is 5. The highest BCUT2D eigenvalue weighted by Crippen LogP contribution is 2.39. The van der Waals surface area contributed by atoms with Gasteiger partial charge in [0.25, 0.3) is 6.04 Å². The molecule has 1 aliphatic carbocycles. The summed E-state index contributed by atoms with van der Waals surface area (Å²) >= 11 is 0. The first kappa shape index (κ1) is 14.1. The van der Waals surface area contributed by atoms with Crippen molar-refractivity contribution in [3.8, 4) is 0 Å². The second-order valence-electron chi connectivity index (χ2n) is 4.25. The lowest BCUT2D eigenvalue weighted by atomic mass is 9.70. The first-order chi connectivity index (χ1) is 8.35. The van der Waals surface area contributed by atoms with Gasteiger partial charge in [0.1, 0.15) is 5.41 Å². The molecular weight excluding hydrogens is 242 g/mol. The maximum Gasteiger partial charge on any atom is 0.317 e. The van der Waals surface area contributed by atoms with Crippen molar-refractivity contribution >= 4 is 11.9 Å². The number of esters is 1. The quantitative estimate of drug-likeness (QED) is 0.348. The van der Waals surface area contributed by atoms with Crippen molar-refractivity contribution in [1.82, 2.24) is 0 Å². The Morgan fingerprint density at radius 3 is 2.61 bits per heavy atom. The maximum atomic E-state index is 11.4. The summed E-state index contributed by atoms with van der Waals surface area (Å²) in [4.78, 5) is 32.8. The zero-order chi connectivity index (χ0) is 13.9. The molecule has 0 spiro atoms. The normalized spacial score (nSPS) is 30.8. The maximum absolute atomic E-state index is 11.4. The molecule has 0 radical (unpaired) electrons. The van der Waals surface area contributed by atoms with E-state index in [1.165, 1.54) is 12.2 Å². The molecule has 0 amide bonds. The van der Waals surface area contributed by atoms with Crippen LogP contribution in [-0.2, 0) is 14.3 Å². The van der Waals surface area contributed by atoms with Crippen molar-refractivity contribution in [1.29, 1.82) is 0 Å². The van der Waals surface area contributed by atoms with E-state index in [0.29, 0.717) is 0 Å². The largest absolute Gasteiger partial charge is 0.481 e. The van der Waals surface area contributed by atoms with Crippen LogP contribution < -0.4 is 0 Å². The Kier molecular flexibility index (Phi) is 4.05. The molecule has 7 heteroatoms. The van der Waals surface area contributed by atoms with Gasteiger partial charge in [-0.15, -0.1) is 0 Å². The second kappa shape index (κ2) is 5.16. The van der Waals surface area contributed by atoms with Gasteiger partial charge >= 0.3 is 11.9 Å². The number of ether oxygens (including phenoxy) is 1. The van der Waals surface area contributed by atoms with Gasteiger partial charge in [0, 0.05) is 11.8 Å².